The molecule has 0 saturated heterocycles. The third-order valence-corrected chi connectivity index (χ3v) is 5.46. The molecule has 18 heavy (non-hydrogen) atoms. The van der Waals surface area contributed by atoms with Crippen molar-refractivity contribution in [1.82, 2.24) is 0 Å². The highest BCUT2D eigenvalue weighted by Gasteiger charge is 2.35. The van der Waals surface area contributed by atoms with Crippen molar-refractivity contribution in [3.05, 3.63) is 58.6 Å². The van der Waals surface area contributed by atoms with E-state index in [9.17, 15) is 0 Å². The molecule has 0 aromatic carbocycles. The Morgan fingerprint density at radius 1 is 0.667 bits per heavy atom. The van der Waals surface area contributed by atoms with Gasteiger partial charge >= 0.3 is 0 Å². The summed E-state index contributed by atoms with van der Waals surface area (Å²) in [5.74, 6) is 9.11. The number of rotatable bonds is 2. The Morgan fingerprint density at radius 3 is 1.56 bits per heavy atom. The largest absolute Gasteiger partial charge is 0.0765 e. The van der Waals surface area contributed by atoms with Crippen LogP contribution in [0.15, 0.2) is 47.5 Å². The van der Waals surface area contributed by atoms with Gasteiger partial charge in [0.1, 0.15) is 0 Å². The van der Waals surface area contributed by atoms with Gasteiger partial charge in [-0.2, -0.15) is 0 Å². The van der Waals surface area contributed by atoms with E-state index in [1.165, 1.54) is 59.6 Å². The van der Waals surface area contributed by atoms with E-state index in [0.29, 0.717) is 5.41 Å². The van der Waals surface area contributed by atoms with Crippen molar-refractivity contribution in [2.45, 2.75) is 37.5 Å². The smallest absolute Gasteiger partial charge is 0.0203 e. The van der Waals surface area contributed by atoms with Crippen molar-refractivity contribution >= 4 is 16.4 Å². The van der Waals surface area contributed by atoms with Crippen LogP contribution in [0.4, 0.5) is 0 Å². The summed E-state index contributed by atoms with van der Waals surface area (Å²) in [5.41, 5.74) is 3.36. The molecule has 2 aromatic rings. The Labute approximate surface area is 113 Å². The van der Waals surface area contributed by atoms with Crippen LogP contribution in [0.5, 0.6) is 0 Å². The SMILES string of the molecule is c1cc(C2(c3ccpcc3)CCCCC2)ccp1. The summed E-state index contributed by atoms with van der Waals surface area (Å²) in [4.78, 5) is 0. The minimum atomic E-state index is 0.296. The molecular formula is C16H18P2. The Bertz CT molecular complexity index is 446. The molecule has 2 heteroatoms. The predicted molar refractivity (Wildman–Crippen MR) is 81.8 cm³/mol. The Balaban J connectivity index is 2.10. The molecule has 1 aliphatic carbocycles. The van der Waals surface area contributed by atoms with Crippen molar-refractivity contribution < 1.29 is 0 Å². The summed E-state index contributed by atoms with van der Waals surface area (Å²) in [5, 5.41) is 0. The zero-order valence-corrected chi connectivity index (χ0v) is 12.3. The fraction of sp³-hybridized carbons (Fsp3) is 0.375. The molecule has 0 nitrogen and oxygen atoms in total. The molecule has 92 valence electrons. The van der Waals surface area contributed by atoms with E-state index >= 15 is 0 Å². The molecule has 0 N–H and O–H groups in total. The molecule has 1 saturated carbocycles. The van der Waals surface area contributed by atoms with E-state index < -0.39 is 0 Å². The van der Waals surface area contributed by atoms with Gasteiger partial charge in [-0.25, -0.2) is 0 Å². The van der Waals surface area contributed by atoms with Crippen LogP contribution < -0.4 is 0 Å². The fourth-order valence-electron chi connectivity index (χ4n) is 3.24. The second kappa shape index (κ2) is 5.52. The first-order chi connectivity index (χ1) is 8.92. The standard InChI is InChI=1S/C16H18P2/c1-2-8-16(9-3-1,14-4-10-17-11-5-14)15-6-12-18-13-7-15/h4-7,10-13H,1-3,8-9H2. The quantitative estimate of drug-likeness (QED) is 0.620. The van der Waals surface area contributed by atoms with Crippen LogP contribution in [0.1, 0.15) is 43.2 Å². The van der Waals surface area contributed by atoms with Gasteiger partial charge in [0.05, 0.1) is 0 Å². The molecule has 0 atom stereocenters. The lowest BCUT2D eigenvalue weighted by Crippen LogP contribution is -2.30. The van der Waals surface area contributed by atoms with Gasteiger partial charge in [-0.3, -0.25) is 0 Å². The summed E-state index contributed by atoms with van der Waals surface area (Å²) < 4.78 is 0. The Hall–Kier alpha value is -0.700. The molecule has 3 rings (SSSR count). The van der Waals surface area contributed by atoms with E-state index in [-0.39, 0.29) is 0 Å². The van der Waals surface area contributed by atoms with Gasteiger partial charge in [-0.15, -0.1) is 0 Å². The zero-order chi connectivity index (χ0) is 12.3. The highest BCUT2D eigenvalue weighted by molar-refractivity contribution is 7.28. The third-order valence-electron chi connectivity index (χ3n) is 4.17. The second-order valence-electron chi connectivity index (χ2n) is 5.11. The van der Waals surface area contributed by atoms with Crippen LogP contribution in [0, 0.1) is 0 Å². The van der Waals surface area contributed by atoms with Crippen LogP contribution in [0.2, 0.25) is 0 Å². The van der Waals surface area contributed by atoms with Crippen molar-refractivity contribution in [2.24, 2.45) is 0 Å². The van der Waals surface area contributed by atoms with Gasteiger partial charge in [0.25, 0.3) is 0 Å². The normalized spacial score (nSPS) is 18.4. The molecule has 0 aliphatic heterocycles. The van der Waals surface area contributed by atoms with Crippen molar-refractivity contribution in [1.29, 1.82) is 0 Å². The predicted octanol–water partition coefficient (Wildman–Crippen LogP) is 6.10. The molecule has 1 aliphatic rings. The molecule has 0 spiro atoms. The average Bonchev–Trinajstić information content (AvgIpc) is 2.50. The lowest BCUT2D eigenvalue weighted by molar-refractivity contribution is 0.346. The molecule has 0 amide bonds. The summed E-state index contributed by atoms with van der Waals surface area (Å²) in [6.07, 6.45) is 6.76. The monoisotopic (exact) mass is 272 g/mol. The van der Waals surface area contributed by atoms with Gasteiger partial charge in [-0.1, -0.05) is 59.9 Å². The van der Waals surface area contributed by atoms with Crippen LogP contribution in [-0.4, -0.2) is 0 Å². The van der Waals surface area contributed by atoms with Gasteiger partial charge in [0.15, 0.2) is 0 Å². The highest BCUT2D eigenvalue weighted by atomic mass is 31.0. The van der Waals surface area contributed by atoms with Gasteiger partial charge in [0.2, 0.25) is 0 Å². The van der Waals surface area contributed by atoms with Gasteiger partial charge < -0.3 is 0 Å². The van der Waals surface area contributed by atoms with Gasteiger partial charge in [-0.05, 0) is 47.2 Å². The first kappa shape index (κ1) is 12.3. The van der Waals surface area contributed by atoms with E-state index in [1.54, 1.807) is 0 Å². The van der Waals surface area contributed by atoms with E-state index in [0.717, 1.165) is 0 Å². The Kier molecular flexibility index (Phi) is 3.78. The average molecular weight is 272 g/mol. The van der Waals surface area contributed by atoms with Crippen LogP contribution in [0.25, 0.3) is 0 Å². The van der Waals surface area contributed by atoms with E-state index in [1.807, 2.05) is 0 Å². The molecule has 2 heterocycles. The lowest BCUT2D eigenvalue weighted by atomic mass is 9.66. The first-order valence-electron chi connectivity index (χ1n) is 6.73. The highest BCUT2D eigenvalue weighted by Crippen LogP contribution is 2.45. The third kappa shape index (κ3) is 2.25. The fourth-order valence-corrected chi connectivity index (χ4v) is 4.43. The van der Waals surface area contributed by atoms with Crippen molar-refractivity contribution in [3.8, 4) is 0 Å². The molecule has 0 unspecified atom stereocenters. The van der Waals surface area contributed by atoms with Crippen molar-refractivity contribution in [3.63, 3.8) is 0 Å². The molecular weight excluding hydrogens is 254 g/mol. The summed E-state index contributed by atoms with van der Waals surface area (Å²) in [6, 6.07) is 9.42. The van der Waals surface area contributed by atoms with E-state index in [2.05, 4.69) is 47.5 Å². The summed E-state index contributed by atoms with van der Waals surface area (Å²) >= 11 is 0. The maximum atomic E-state index is 2.36. The molecule has 0 radical (unpaired) electrons. The topological polar surface area (TPSA) is 0 Å². The molecule has 1 fully saturated rings. The number of hydrogen-bond donors (Lipinski definition) is 0. The first-order valence-corrected chi connectivity index (χ1v) is 8.79. The molecule has 2 aromatic heterocycles. The van der Waals surface area contributed by atoms with Crippen LogP contribution >= 0.6 is 16.4 Å². The summed E-state index contributed by atoms with van der Waals surface area (Å²) in [6.45, 7) is 0. The minimum Gasteiger partial charge on any atom is -0.0765 e. The number of hydrogen-bond acceptors (Lipinski definition) is 0. The van der Waals surface area contributed by atoms with Crippen LogP contribution in [0.3, 0.4) is 0 Å². The lowest BCUT2D eigenvalue weighted by Gasteiger charge is -2.38. The maximum absolute atomic E-state index is 2.36. The zero-order valence-electron chi connectivity index (χ0n) is 10.5. The minimum absolute atomic E-state index is 0.296. The summed E-state index contributed by atoms with van der Waals surface area (Å²) in [7, 11) is 2.65. The van der Waals surface area contributed by atoms with Crippen molar-refractivity contribution in [2.75, 3.05) is 0 Å². The maximum Gasteiger partial charge on any atom is 0.0203 e. The molecule has 0 bridgehead atoms. The Morgan fingerprint density at radius 2 is 1.11 bits per heavy atom. The van der Waals surface area contributed by atoms with Gasteiger partial charge in [0, 0.05) is 5.41 Å². The van der Waals surface area contributed by atoms with Crippen LogP contribution in [-0.2, 0) is 5.41 Å². The second-order valence-corrected chi connectivity index (χ2v) is 6.90. The van der Waals surface area contributed by atoms with E-state index in [4.69, 9.17) is 0 Å².